The largest absolute Gasteiger partial charge is 0.416 e. The summed E-state index contributed by atoms with van der Waals surface area (Å²) in [5.41, 5.74) is 3.00. The lowest BCUT2D eigenvalue weighted by atomic mass is 10.0. The Morgan fingerprint density at radius 3 is 2.57 bits per heavy atom. The Bertz CT molecular complexity index is 932. The lowest BCUT2D eigenvalue weighted by Gasteiger charge is -2.11. The summed E-state index contributed by atoms with van der Waals surface area (Å²) >= 11 is 0. The number of nitrogens with one attached hydrogen (secondary N) is 2. The van der Waals surface area contributed by atoms with Crippen molar-refractivity contribution in [3.8, 4) is 0 Å². The standard InChI is InChI=1S/C17H13F3N4O4/c18-17(19,20)11-6-7-12(14(8-11)24(26)27)21-22-16(25)13-9-15(28-23-13)10-4-2-1-3-5-10/h1-8,15,21H,9H2,(H,22,25). The number of anilines is 1. The second kappa shape index (κ2) is 7.55. The summed E-state index contributed by atoms with van der Waals surface area (Å²) in [5.74, 6) is -0.715. The highest BCUT2D eigenvalue weighted by atomic mass is 19.4. The summed E-state index contributed by atoms with van der Waals surface area (Å²) < 4.78 is 38.1. The molecule has 2 N–H and O–H groups in total. The molecule has 146 valence electrons. The Balaban J connectivity index is 1.66. The highest BCUT2D eigenvalue weighted by molar-refractivity contribution is 6.39. The van der Waals surface area contributed by atoms with Gasteiger partial charge in [0.2, 0.25) is 0 Å². The highest BCUT2D eigenvalue weighted by Crippen LogP contribution is 2.34. The van der Waals surface area contributed by atoms with Crippen LogP contribution in [0.5, 0.6) is 0 Å². The van der Waals surface area contributed by atoms with Gasteiger partial charge >= 0.3 is 6.18 Å². The van der Waals surface area contributed by atoms with Crippen LogP contribution in [0.25, 0.3) is 0 Å². The molecule has 2 aromatic carbocycles. The fourth-order valence-corrected chi connectivity index (χ4v) is 2.52. The minimum absolute atomic E-state index is 0.0379. The molecule has 0 bridgehead atoms. The van der Waals surface area contributed by atoms with Gasteiger partial charge in [-0.05, 0) is 17.7 Å². The monoisotopic (exact) mass is 394 g/mol. The van der Waals surface area contributed by atoms with E-state index in [9.17, 15) is 28.1 Å². The van der Waals surface area contributed by atoms with Gasteiger partial charge in [-0.3, -0.25) is 25.8 Å². The molecule has 0 aromatic heterocycles. The molecule has 1 heterocycles. The molecule has 0 saturated heterocycles. The zero-order chi connectivity index (χ0) is 20.3. The molecule has 0 aliphatic carbocycles. The molecular weight excluding hydrogens is 381 g/mol. The molecule has 0 fully saturated rings. The number of nitrogens with zero attached hydrogens (tertiary/aromatic N) is 2. The van der Waals surface area contributed by atoms with E-state index in [2.05, 4.69) is 16.0 Å². The molecule has 1 unspecified atom stereocenters. The van der Waals surface area contributed by atoms with Gasteiger partial charge in [0, 0.05) is 12.5 Å². The molecule has 0 radical (unpaired) electrons. The first kappa shape index (κ1) is 19.1. The summed E-state index contributed by atoms with van der Waals surface area (Å²) in [7, 11) is 0. The van der Waals surface area contributed by atoms with Crippen LogP contribution in [0.1, 0.15) is 23.7 Å². The van der Waals surface area contributed by atoms with Crippen molar-refractivity contribution in [2.75, 3.05) is 5.43 Å². The molecule has 2 aromatic rings. The topological polar surface area (TPSA) is 106 Å². The Morgan fingerprint density at radius 2 is 1.93 bits per heavy atom. The van der Waals surface area contributed by atoms with E-state index in [0.717, 1.165) is 11.6 Å². The van der Waals surface area contributed by atoms with Gasteiger partial charge in [0.05, 0.1) is 10.5 Å². The second-order valence-electron chi connectivity index (χ2n) is 5.81. The van der Waals surface area contributed by atoms with Crippen LogP contribution < -0.4 is 10.9 Å². The number of halogens is 3. The van der Waals surface area contributed by atoms with Crippen molar-refractivity contribution in [1.82, 2.24) is 5.43 Å². The lowest BCUT2D eigenvalue weighted by Crippen LogP contribution is -2.35. The van der Waals surface area contributed by atoms with Crippen molar-refractivity contribution in [2.45, 2.75) is 18.7 Å². The van der Waals surface area contributed by atoms with Crippen molar-refractivity contribution in [1.29, 1.82) is 0 Å². The maximum Gasteiger partial charge on any atom is 0.416 e. The predicted molar refractivity (Wildman–Crippen MR) is 92.2 cm³/mol. The third-order valence-corrected chi connectivity index (χ3v) is 3.93. The Hall–Kier alpha value is -3.63. The van der Waals surface area contributed by atoms with Crippen LogP contribution in [-0.4, -0.2) is 16.5 Å². The predicted octanol–water partition coefficient (Wildman–Crippen LogP) is 3.57. The third kappa shape index (κ3) is 4.19. The van der Waals surface area contributed by atoms with Gasteiger partial charge in [0.15, 0.2) is 11.8 Å². The van der Waals surface area contributed by atoms with Crippen LogP contribution in [0.2, 0.25) is 0 Å². The summed E-state index contributed by atoms with van der Waals surface area (Å²) in [6.45, 7) is 0. The molecule has 11 heteroatoms. The van der Waals surface area contributed by atoms with E-state index < -0.39 is 34.4 Å². The van der Waals surface area contributed by atoms with Crippen LogP contribution in [0.15, 0.2) is 53.7 Å². The second-order valence-corrected chi connectivity index (χ2v) is 5.81. The SMILES string of the molecule is O=C(NNc1ccc(C(F)(F)F)cc1[N+](=O)[O-])C1=NOC(c2ccccc2)C1. The number of carbonyl (C=O) groups excluding carboxylic acids is 1. The van der Waals surface area contributed by atoms with Crippen LogP contribution >= 0.6 is 0 Å². The van der Waals surface area contributed by atoms with E-state index in [-0.39, 0.29) is 17.8 Å². The zero-order valence-corrected chi connectivity index (χ0v) is 14.1. The van der Waals surface area contributed by atoms with E-state index in [1.807, 2.05) is 30.3 Å². The first-order valence-corrected chi connectivity index (χ1v) is 7.95. The average molecular weight is 394 g/mol. The number of benzene rings is 2. The number of nitro groups is 1. The molecule has 3 rings (SSSR count). The van der Waals surface area contributed by atoms with Crippen LogP contribution in [0.4, 0.5) is 24.5 Å². The number of hydrogen-bond donors (Lipinski definition) is 2. The molecule has 1 amide bonds. The smallest absolute Gasteiger partial charge is 0.387 e. The molecule has 28 heavy (non-hydrogen) atoms. The Labute approximate surface area is 156 Å². The number of rotatable bonds is 5. The van der Waals surface area contributed by atoms with Crippen molar-refractivity contribution in [3.05, 3.63) is 69.8 Å². The van der Waals surface area contributed by atoms with E-state index in [1.54, 1.807) is 0 Å². The minimum Gasteiger partial charge on any atom is -0.387 e. The lowest BCUT2D eigenvalue weighted by molar-refractivity contribution is -0.384. The Kier molecular flexibility index (Phi) is 5.16. The van der Waals surface area contributed by atoms with Gasteiger partial charge in [0.1, 0.15) is 5.69 Å². The van der Waals surface area contributed by atoms with Gasteiger partial charge in [0.25, 0.3) is 11.6 Å². The van der Waals surface area contributed by atoms with E-state index in [1.165, 1.54) is 0 Å². The molecule has 1 atom stereocenters. The number of hydrogen-bond acceptors (Lipinski definition) is 6. The summed E-state index contributed by atoms with van der Waals surface area (Å²) in [5, 5.41) is 14.7. The maximum atomic E-state index is 12.7. The number of oxime groups is 1. The maximum absolute atomic E-state index is 12.7. The minimum atomic E-state index is -4.73. The Morgan fingerprint density at radius 1 is 1.21 bits per heavy atom. The summed E-state index contributed by atoms with van der Waals surface area (Å²) in [6.07, 6.45) is -5.00. The number of amides is 1. The first-order chi connectivity index (χ1) is 13.3. The quantitative estimate of drug-likeness (QED) is 0.596. The van der Waals surface area contributed by atoms with Crippen LogP contribution in [0, 0.1) is 10.1 Å². The van der Waals surface area contributed by atoms with Crippen molar-refractivity contribution >= 4 is 23.0 Å². The molecule has 0 spiro atoms. The van der Waals surface area contributed by atoms with Gasteiger partial charge < -0.3 is 4.84 Å². The number of carbonyl (C=O) groups is 1. The summed E-state index contributed by atoms with van der Waals surface area (Å²) in [6, 6.07) is 11.0. The van der Waals surface area contributed by atoms with Crippen molar-refractivity contribution in [3.63, 3.8) is 0 Å². The number of nitro benzene ring substituents is 1. The number of hydrazine groups is 1. The normalized spacial score (nSPS) is 16.1. The van der Waals surface area contributed by atoms with Crippen molar-refractivity contribution in [2.24, 2.45) is 5.16 Å². The highest BCUT2D eigenvalue weighted by Gasteiger charge is 2.33. The van der Waals surface area contributed by atoms with E-state index >= 15 is 0 Å². The van der Waals surface area contributed by atoms with Gasteiger partial charge in [-0.25, -0.2) is 0 Å². The van der Waals surface area contributed by atoms with Crippen LogP contribution in [0.3, 0.4) is 0 Å². The van der Waals surface area contributed by atoms with E-state index in [0.29, 0.717) is 12.1 Å². The van der Waals surface area contributed by atoms with Gasteiger partial charge in [-0.1, -0.05) is 35.5 Å². The third-order valence-electron chi connectivity index (χ3n) is 3.93. The van der Waals surface area contributed by atoms with Crippen molar-refractivity contribution < 1.29 is 27.7 Å². The summed E-state index contributed by atoms with van der Waals surface area (Å²) in [4.78, 5) is 27.4. The molecule has 1 aliphatic rings. The van der Waals surface area contributed by atoms with E-state index in [4.69, 9.17) is 4.84 Å². The molecule has 1 aliphatic heterocycles. The zero-order valence-electron chi connectivity index (χ0n) is 14.1. The number of alkyl halides is 3. The fourth-order valence-electron chi connectivity index (χ4n) is 2.52. The van der Waals surface area contributed by atoms with Gasteiger partial charge in [-0.15, -0.1) is 0 Å². The molecular formula is C17H13F3N4O4. The van der Waals surface area contributed by atoms with Gasteiger partial charge in [-0.2, -0.15) is 13.2 Å². The first-order valence-electron chi connectivity index (χ1n) is 7.95. The molecule has 8 nitrogen and oxygen atoms in total. The average Bonchev–Trinajstić information content (AvgIpc) is 3.16. The van der Waals surface area contributed by atoms with Crippen LogP contribution in [-0.2, 0) is 15.8 Å². The fraction of sp³-hybridized carbons (Fsp3) is 0.176. The molecule has 0 saturated carbocycles.